The van der Waals surface area contributed by atoms with Crippen molar-refractivity contribution in [2.45, 2.75) is 0 Å². The van der Waals surface area contributed by atoms with Gasteiger partial charge in [-0.3, -0.25) is 0 Å². The highest BCUT2D eigenvalue weighted by Gasteiger charge is 1.97. The summed E-state index contributed by atoms with van der Waals surface area (Å²) in [7, 11) is 0. The van der Waals surface area contributed by atoms with Crippen LogP contribution in [0.2, 0.25) is 0 Å². The number of rotatable bonds is 2. The van der Waals surface area contributed by atoms with Crippen molar-refractivity contribution in [3.8, 4) is 0 Å². The number of nitrogens with one attached hydrogen (secondary N) is 2. The zero-order valence-corrected chi connectivity index (χ0v) is 8.47. The molecule has 2 N–H and O–H groups in total. The minimum Gasteiger partial charge on any atom is -0.315 e. The summed E-state index contributed by atoms with van der Waals surface area (Å²) >= 11 is 3.30. The van der Waals surface area contributed by atoms with E-state index in [9.17, 15) is 4.79 Å². The molecule has 0 atom stereocenters. The molecular weight excluding hydrogens is 232 g/mol. The first-order valence-electron chi connectivity index (χ1n) is 3.66. The van der Waals surface area contributed by atoms with E-state index in [0.29, 0.717) is 0 Å². The van der Waals surface area contributed by atoms with Gasteiger partial charge in [-0.25, -0.2) is 4.79 Å². The van der Waals surface area contributed by atoms with Gasteiger partial charge in [-0.15, -0.1) is 0 Å². The molecule has 2 amide bonds. The van der Waals surface area contributed by atoms with Crippen molar-refractivity contribution in [1.82, 2.24) is 5.32 Å². The summed E-state index contributed by atoms with van der Waals surface area (Å²) in [6.45, 7) is 3.38. The summed E-state index contributed by atoms with van der Waals surface area (Å²) in [5.41, 5.74) is 0.730. The van der Waals surface area contributed by atoms with Gasteiger partial charge in [-0.05, 0) is 24.4 Å². The molecule has 4 heteroatoms. The maximum Gasteiger partial charge on any atom is 0.323 e. The zero-order valence-electron chi connectivity index (χ0n) is 6.88. The van der Waals surface area contributed by atoms with Crippen LogP contribution in [0.25, 0.3) is 0 Å². The normalized spacial score (nSPS) is 9.00. The molecule has 0 radical (unpaired) electrons. The Hall–Kier alpha value is -1.29. The van der Waals surface area contributed by atoms with Crippen LogP contribution >= 0.6 is 15.9 Å². The van der Waals surface area contributed by atoms with Crippen LogP contribution < -0.4 is 10.6 Å². The summed E-state index contributed by atoms with van der Waals surface area (Å²) in [5, 5.41) is 5.04. The van der Waals surface area contributed by atoms with Gasteiger partial charge in [-0.2, -0.15) is 0 Å². The Morgan fingerprint density at radius 3 is 2.92 bits per heavy atom. The summed E-state index contributed by atoms with van der Waals surface area (Å²) in [6.07, 6.45) is 1.33. The van der Waals surface area contributed by atoms with Crippen LogP contribution in [-0.2, 0) is 0 Å². The predicted octanol–water partition coefficient (Wildman–Crippen LogP) is 2.71. The van der Waals surface area contributed by atoms with E-state index in [1.807, 2.05) is 18.2 Å². The van der Waals surface area contributed by atoms with Crippen molar-refractivity contribution in [2.75, 3.05) is 5.32 Å². The number of carbonyl (C=O) groups is 1. The second kappa shape index (κ2) is 4.67. The Morgan fingerprint density at radius 2 is 2.31 bits per heavy atom. The zero-order chi connectivity index (χ0) is 9.68. The van der Waals surface area contributed by atoms with E-state index in [0.717, 1.165) is 10.2 Å². The number of hydrogen-bond acceptors (Lipinski definition) is 1. The number of hydrogen-bond donors (Lipinski definition) is 2. The van der Waals surface area contributed by atoms with Gasteiger partial charge in [0.15, 0.2) is 0 Å². The lowest BCUT2D eigenvalue weighted by Crippen LogP contribution is -2.23. The molecule has 0 aromatic heterocycles. The van der Waals surface area contributed by atoms with Crippen molar-refractivity contribution in [2.24, 2.45) is 0 Å². The molecule has 0 aliphatic heterocycles. The SMILES string of the molecule is C=CNC(=O)Nc1cccc(Br)c1. The van der Waals surface area contributed by atoms with E-state index in [4.69, 9.17) is 0 Å². The summed E-state index contributed by atoms with van der Waals surface area (Å²) in [4.78, 5) is 11.0. The summed E-state index contributed by atoms with van der Waals surface area (Å²) in [5.74, 6) is 0. The minimum atomic E-state index is -0.298. The third-order valence-electron chi connectivity index (χ3n) is 1.32. The fourth-order valence-electron chi connectivity index (χ4n) is 0.826. The maximum atomic E-state index is 11.0. The Bertz CT molecular complexity index is 325. The van der Waals surface area contributed by atoms with E-state index in [1.54, 1.807) is 6.07 Å². The van der Waals surface area contributed by atoms with E-state index >= 15 is 0 Å². The van der Waals surface area contributed by atoms with Crippen LogP contribution in [0.1, 0.15) is 0 Å². The van der Waals surface area contributed by atoms with Crippen molar-refractivity contribution in [1.29, 1.82) is 0 Å². The molecule has 0 spiro atoms. The maximum absolute atomic E-state index is 11.0. The van der Waals surface area contributed by atoms with Gasteiger partial charge < -0.3 is 10.6 Å². The summed E-state index contributed by atoms with van der Waals surface area (Å²) < 4.78 is 0.920. The van der Waals surface area contributed by atoms with Crippen LogP contribution in [0.4, 0.5) is 10.5 Å². The first-order chi connectivity index (χ1) is 6.22. The fraction of sp³-hybridized carbons (Fsp3) is 0. The monoisotopic (exact) mass is 240 g/mol. The van der Waals surface area contributed by atoms with E-state index < -0.39 is 0 Å². The predicted molar refractivity (Wildman–Crippen MR) is 56.5 cm³/mol. The Morgan fingerprint density at radius 1 is 1.54 bits per heavy atom. The molecular formula is C9H9BrN2O. The van der Waals surface area contributed by atoms with Gasteiger partial charge in [-0.1, -0.05) is 28.6 Å². The second-order valence-corrected chi connectivity index (χ2v) is 3.23. The smallest absolute Gasteiger partial charge is 0.315 e. The number of urea groups is 1. The minimum absolute atomic E-state index is 0.298. The molecule has 0 saturated heterocycles. The molecule has 0 bridgehead atoms. The third kappa shape index (κ3) is 3.29. The third-order valence-corrected chi connectivity index (χ3v) is 1.81. The Labute approximate surface area is 85.0 Å². The van der Waals surface area contributed by atoms with Gasteiger partial charge in [0, 0.05) is 10.2 Å². The van der Waals surface area contributed by atoms with Crippen LogP contribution in [-0.4, -0.2) is 6.03 Å². The molecule has 0 saturated carbocycles. The molecule has 0 unspecified atom stereocenters. The van der Waals surface area contributed by atoms with Gasteiger partial charge in [0.25, 0.3) is 0 Å². The lowest BCUT2D eigenvalue weighted by Gasteiger charge is -2.03. The van der Waals surface area contributed by atoms with Crippen molar-refractivity contribution >= 4 is 27.6 Å². The highest BCUT2D eigenvalue weighted by molar-refractivity contribution is 9.10. The van der Waals surface area contributed by atoms with E-state index in [-0.39, 0.29) is 6.03 Å². The van der Waals surface area contributed by atoms with Crippen molar-refractivity contribution in [3.63, 3.8) is 0 Å². The van der Waals surface area contributed by atoms with Gasteiger partial charge in [0.05, 0.1) is 0 Å². The standard InChI is InChI=1S/C9H9BrN2O/c1-2-11-9(13)12-8-5-3-4-7(10)6-8/h2-6H,1H2,(H2,11,12,13). The van der Waals surface area contributed by atoms with E-state index in [2.05, 4.69) is 33.1 Å². The lowest BCUT2D eigenvalue weighted by atomic mass is 10.3. The molecule has 1 aromatic rings. The van der Waals surface area contributed by atoms with Gasteiger partial charge in [0.1, 0.15) is 0 Å². The molecule has 1 aromatic carbocycles. The number of amides is 2. The molecule has 0 heterocycles. The molecule has 13 heavy (non-hydrogen) atoms. The van der Waals surface area contributed by atoms with Crippen LogP contribution in [0.15, 0.2) is 41.5 Å². The van der Waals surface area contributed by atoms with Crippen LogP contribution in [0.3, 0.4) is 0 Å². The number of carbonyl (C=O) groups excluding carboxylic acids is 1. The fourth-order valence-corrected chi connectivity index (χ4v) is 1.23. The summed E-state index contributed by atoms with van der Waals surface area (Å²) in [6, 6.07) is 7.04. The van der Waals surface area contributed by atoms with Crippen molar-refractivity contribution in [3.05, 3.63) is 41.5 Å². The quantitative estimate of drug-likeness (QED) is 0.821. The molecule has 0 aliphatic rings. The lowest BCUT2D eigenvalue weighted by molar-refractivity contribution is 0.255. The Kier molecular flexibility index (Phi) is 3.52. The van der Waals surface area contributed by atoms with Crippen LogP contribution in [0.5, 0.6) is 0 Å². The topological polar surface area (TPSA) is 41.1 Å². The Balaban J connectivity index is 2.63. The van der Waals surface area contributed by atoms with Crippen molar-refractivity contribution < 1.29 is 4.79 Å². The molecule has 0 fully saturated rings. The average molecular weight is 241 g/mol. The first kappa shape index (κ1) is 9.80. The average Bonchev–Trinajstić information content (AvgIpc) is 2.04. The largest absolute Gasteiger partial charge is 0.323 e. The molecule has 0 aliphatic carbocycles. The van der Waals surface area contributed by atoms with E-state index in [1.165, 1.54) is 6.20 Å². The van der Waals surface area contributed by atoms with Gasteiger partial charge in [0.2, 0.25) is 0 Å². The second-order valence-electron chi connectivity index (χ2n) is 2.31. The molecule has 68 valence electrons. The molecule has 1 rings (SSSR count). The number of anilines is 1. The number of benzene rings is 1. The van der Waals surface area contributed by atoms with Gasteiger partial charge >= 0.3 is 6.03 Å². The number of halogens is 1. The highest BCUT2D eigenvalue weighted by atomic mass is 79.9. The molecule has 3 nitrogen and oxygen atoms in total. The first-order valence-corrected chi connectivity index (χ1v) is 4.45. The highest BCUT2D eigenvalue weighted by Crippen LogP contribution is 2.15. The van der Waals surface area contributed by atoms with Crippen LogP contribution in [0, 0.1) is 0 Å².